The van der Waals surface area contributed by atoms with Crippen molar-refractivity contribution in [3.05, 3.63) is 35.9 Å². The molecule has 1 atom stereocenters. The van der Waals surface area contributed by atoms with Gasteiger partial charge in [-0.3, -0.25) is 0 Å². The molecule has 0 bridgehead atoms. The number of rotatable bonds is 10. The first-order valence-corrected chi connectivity index (χ1v) is 7.34. The van der Waals surface area contributed by atoms with Crippen molar-refractivity contribution in [2.24, 2.45) is 0 Å². The molecule has 1 N–H and O–H groups in total. The van der Waals surface area contributed by atoms with Crippen molar-refractivity contribution in [2.45, 2.75) is 32.4 Å². The van der Waals surface area contributed by atoms with Crippen molar-refractivity contribution in [1.82, 2.24) is 5.32 Å². The average Bonchev–Trinajstić information content (AvgIpc) is 2.42. The molecule has 0 aliphatic rings. The van der Waals surface area contributed by atoms with Crippen LogP contribution in [0.5, 0.6) is 0 Å². The van der Waals surface area contributed by atoms with Crippen LogP contribution >= 0.6 is 23.0 Å². The third-order valence-corrected chi connectivity index (χ3v) is 3.34. The van der Waals surface area contributed by atoms with Crippen LogP contribution in [-0.4, -0.2) is 25.9 Å². The van der Waals surface area contributed by atoms with Crippen molar-refractivity contribution in [2.75, 3.05) is 19.8 Å². The Morgan fingerprint density at radius 2 is 2.06 bits per heavy atom. The van der Waals surface area contributed by atoms with Gasteiger partial charge in [0.2, 0.25) is 0 Å². The molecule has 0 heterocycles. The average molecular weight is 363 g/mol. The van der Waals surface area contributed by atoms with Gasteiger partial charge in [-0.05, 0) is 12.0 Å². The quantitative estimate of drug-likeness (QED) is 0.511. The molecule has 102 valence electrons. The SMILES string of the molecule is CCCCOCC(CNCc1ccccc1)OI. The van der Waals surface area contributed by atoms with Crippen LogP contribution < -0.4 is 5.32 Å². The molecule has 0 aromatic heterocycles. The minimum Gasteiger partial charge on any atom is -0.379 e. The van der Waals surface area contributed by atoms with E-state index in [1.165, 1.54) is 12.0 Å². The Morgan fingerprint density at radius 3 is 2.72 bits per heavy atom. The van der Waals surface area contributed by atoms with E-state index in [4.69, 9.17) is 7.80 Å². The summed E-state index contributed by atoms with van der Waals surface area (Å²) in [5, 5.41) is 3.38. The summed E-state index contributed by atoms with van der Waals surface area (Å²) in [5.74, 6) is 0. The second-order valence-corrected chi connectivity index (χ2v) is 4.76. The van der Waals surface area contributed by atoms with Gasteiger partial charge in [-0.2, -0.15) is 0 Å². The number of benzene rings is 1. The third kappa shape index (κ3) is 7.31. The lowest BCUT2D eigenvalue weighted by molar-refractivity contribution is 0.0681. The minimum atomic E-state index is 0.117. The summed E-state index contributed by atoms with van der Waals surface area (Å²) in [6.07, 6.45) is 2.40. The van der Waals surface area contributed by atoms with E-state index in [0.717, 1.165) is 26.1 Å². The van der Waals surface area contributed by atoms with Crippen LogP contribution in [0.3, 0.4) is 0 Å². The van der Waals surface area contributed by atoms with Crippen molar-refractivity contribution in [3.63, 3.8) is 0 Å². The highest BCUT2D eigenvalue weighted by atomic mass is 127. The normalized spacial score (nSPS) is 12.6. The zero-order chi connectivity index (χ0) is 13.1. The van der Waals surface area contributed by atoms with Crippen molar-refractivity contribution >= 4 is 23.0 Å². The van der Waals surface area contributed by atoms with Gasteiger partial charge in [0, 0.05) is 19.7 Å². The second kappa shape index (κ2) is 10.7. The van der Waals surface area contributed by atoms with Crippen molar-refractivity contribution in [3.8, 4) is 0 Å². The molecule has 0 spiro atoms. The molecule has 0 saturated heterocycles. The Hall–Kier alpha value is -0.170. The number of hydrogen-bond donors (Lipinski definition) is 1. The zero-order valence-electron chi connectivity index (χ0n) is 10.9. The van der Waals surface area contributed by atoms with Gasteiger partial charge in [-0.25, -0.2) is 0 Å². The maximum absolute atomic E-state index is 5.56. The molecule has 0 fully saturated rings. The van der Waals surface area contributed by atoms with Gasteiger partial charge < -0.3 is 13.1 Å². The van der Waals surface area contributed by atoms with E-state index in [1.807, 2.05) is 29.1 Å². The van der Waals surface area contributed by atoms with E-state index < -0.39 is 0 Å². The lowest BCUT2D eigenvalue weighted by Crippen LogP contribution is -2.30. The minimum absolute atomic E-state index is 0.117. The summed E-state index contributed by atoms with van der Waals surface area (Å²) in [4.78, 5) is 0. The largest absolute Gasteiger partial charge is 0.379 e. The Morgan fingerprint density at radius 1 is 1.28 bits per heavy atom. The highest BCUT2D eigenvalue weighted by Crippen LogP contribution is 2.01. The fourth-order valence-corrected chi connectivity index (χ4v) is 1.88. The standard InChI is InChI=1S/C14H22INO2/c1-2-3-9-17-12-14(18-15)11-16-10-13-7-5-4-6-8-13/h4-8,14,16H,2-3,9-12H2,1H3. The monoisotopic (exact) mass is 363 g/mol. The maximum Gasteiger partial charge on any atom is 0.110 e. The molecule has 1 aromatic carbocycles. The third-order valence-electron chi connectivity index (χ3n) is 2.62. The summed E-state index contributed by atoms with van der Waals surface area (Å²) in [6, 6.07) is 10.4. The lowest BCUT2D eigenvalue weighted by Gasteiger charge is -2.15. The van der Waals surface area contributed by atoms with Crippen LogP contribution in [0.1, 0.15) is 25.3 Å². The van der Waals surface area contributed by atoms with E-state index in [1.54, 1.807) is 0 Å². The van der Waals surface area contributed by atoms with Crippen molar-refractivity contribution in [1.29, 1.82) is 0 Å². The van der Waals surface area contributed by atoms with Gasteiger partial charge in [-0.1, -0.05) is 43.7 Å². The van der Waals surface area contributed by atoms with Crippen LogP contribution in [-0.2, 0) is 14.3 Å². The molecular weight excluding hydrogens is 341 g/mol. The summed E-state index contributed by atoms with van der Waals surface area (Å²) >= 11 is 1.94. The number of hydrogen-bond acceptors (Lipinski definition) is 3. The fourth-order valence-electron chi connectivity index (χ4n) is 1.55. The first kappa shape index (κ1) is 15.9. The first-order valence-electron chi connectivity index (χ1n) is 6.46. The molecule has 0 aliphatic heterocycles. The smallest absolute Gasteiger partial charge is 0.110 e. The van der Waals surface area contributed by atoms with Gasteiger partial charge in [0.25, 0.3) is 0 Å². The summed E-state index contributed by atoms with van der Waals surface area (Å²) in [5.41, 5.74) is 1.29. The molecule has 1 aromatic rings. The van der Waals surface area contributed by atoms with Crippen LogP contribution in [0.25, 0.3) is 0 Å². The van der Waals surface area contributed by atoms with Crippen LogP contribution in [0.2, 0.25) is 0 Å². The number of nitrogens with one attached hydrogen (secondary N) is 1. The topological polar surface area (TPSA) is 30.5 Å². The van der Waals surface area contributed by atoms with Gasteiger partial charge in [0.15, 0.2) is 0 Å². The molecule has 4 heteroatoms. The molecule has 1 rings (SSSR count). The Kier molecular flexibility index (Phi) is 9.47. The Bertz CT molecular complexity index is 295. The lowest BCUT2D eigenvalue weighted by atomic mass is 10.2. The summed E-state index contributed by atoms with van der Waals surface area (Å²) < 4.78 is 10.9. The van der Waals surface area contributed by atoms with E-state index in [9.17, 15) is 0 Å². The maximum atomic E-state index is 5.56. The van der Waals surface area contributed by atoms with Crippen LogP contribution in [0.15, 0.2) is 30.3 Å². The van der Waals surface area contributed by atoms with Gasteiger partial charge in [0.1, 0.15) is 29.1 Å². The molecule has 0 amide bonds. The predicted octanol–water partition coefficient (Wildman–Crippen LogP) is 3.33. The highest BCUT2D eigenvalue weighted by Gasteiger charge is 2.07. The number of unbranched alkanes of at least 4 members (excludes halogenated alkanes) is 1. The Balaban J connectivity index is 2.11. The van der Waals surface area contributed by atoms with Gasteiger partial charge >= 0.3 is 0 Å². The Labute approximate surface area is 124 Å². The molecule has 18 heavy (non-hydrogen) atoms. The van der Waals surface area contributed by atoms with E-state index in [-0.39, 0.29) is 6.10 Å². The van der Waals surface area contributed by atoms with E-state index in [0.29, 0.717) is 6.61 Å². The zero-order valence-corrected chi connectivity index (χ0v) is 13.1. The van der Waals surface area contributed by atoms with Crippen LogP contribution in [0, 0.1) is 0 Å². The van der Waals surface area contributed by atoms with Crippen LogP contribution in [0.4, 0.5) is 0 Å². The summed E-state index contributed by atoms with van der Waals surface area (Å²) in [7, 11) is 0. The molecule has 0 radical (unpaired) electrons. The van der Waals surface area contributed by atoms with Crippen molar-refractivity contribution < 1.29 is 7.80 Å². The molecular formula is C14H22INO2. The van der Waals surface area contributed by atoms with E-state index in [2.05, 4.69) is 36.5 Å². The van der Waals surface area contributed by atoms with E-state index >= 15 is 0 Å². The second-order valence-electron chi connectivity index (χ2n) is 4.26. The van der Waals surface area contributed by atoms with Gasteiger partial charge in [0.05, 0.1) is 6.61 Å². The highest BCUT2D eigenvalue weighted by molar-refractivity contribution is 14.1. The number of ether oxygens (including phenoxy) is 1. The van der Waals surface area contributed by atoms with Gasteiger partial charge in [-0.15, -0.1) is 0 Å². The first-order chi connectivity index (χ1) is 8.86. The molecule has 0 aliphatic carbocycles. The molecule has 3 nitrogen and oxygen atoms in total. The summed E-state index contributed by atoms with van der Waals surface area (Å²) in [6.45, 7) is 5.32. The molecule has 1 unspecified atom stereocenters. The predicted molar refractivity (Wildman–Crippen MR) is 82.8 cm³/mol. The fraction of sp³-hybridized carbons (Fsp3) is 0.571. The molecule has 0 saturated carbocycles. The number of halogens is 1.